The van der Waals surface area contributed by atoms with Gasteiger partial charge in [-0.05, 0) is 35.9 Å². The van der Waals surface area contributed by atoms with Gasteiger partial charge in [-0.3, -0.25) is 19.5 Å². The average molecular weight is 423 g/mol. The van der Waals surface area contributed by atoms with Crippen LogP contribution in [0, 0.1) is 0 Å². The van der Waals surface area contributed by atoms with Gasteiger partial charge in [0.2, 0.25) is 0 Å². The first-order valence-corrected chi connectivity index (χ1v) is 10.2. The summed E-state index contributed by atoms with van der Waals surface area (Å²) in [6.07, 6.45) is 3.26. The summed E-state index contributed by atoms with van der Waals surface area (Å²) in [4.78, 5) is 33.8. The molecule has 1 aromatic carbocycles. The maximum atomic E-state index is 13.0. The minimum atomic E-state index is -0.697. The number of methoxy groups -OCH3 is 1. The summed E-state index contributed by atoms with van der Waals surface area (Å²) in [5, 5.41) is 11.0. The van der Waals surface area contributed by atoms with Gasteiger partial charge in [0, 0.05) is 44.1 Å². The van der Waals surface area contributed by atoms with E-state index in [1.54, 1.807) is 49.8 Å². The van der Waals surface area contributed by atoms with Crippen LogP contribution in [0.1, 0.15) is 17.2 Å². The molecule has 31 heavy (non-hydrogen) atoms. The Labute approximate surface area is 180 Å². The number of likely N-dealkylation sites (tertiary alicyclic amines) is 1. The topological polar surface area (TPSA) is 92.2 Å². The van der Waals surface area contributed by atoms with Crippen molar-refractivity contribution >= 4 is 17.4 Å². The van der Waals surface area contributed by atoms with Crippen LogP contribution < -0.4 is 4.74 Å². The van der Waals surface area contributed by atoms with E-state index in [0.29, 0.717) is 43.2 Å². The van der Waals surface area contributed by atoms with E-state index in [0.717, 1.165) is 13.1 Å². The number of carbonyl (C=O) groups is 2. The molecule has 8 nitrogen and oxygen atoms in total. The van der Waals surface area contributed by atoms with Crippen molar-refractivity contribution in [1.29, 1.82) is 0 Å². The van der Waals surface area contributed by atoms with Crippen LogP contribution in [0.25, 0.3) is 5.76 Å². The van der Waals surface area contributed by atoms with Gasteiger partial charge in [0.05, 0.1) is 31.9 Å². The SMILES string of the molecule is COc1ccc(C(O)=C2C(=O)C(=O)N(CCN3CCOCC3)[C@H]2c2cccnc2)cc1. The molecule has 0 unspecified atom stereocenters. The number of morpholine rings is 1. The van der Waals surface area contributed by atoms with Crippen LogP contribution in [0.3, 0.4) is 0 Å². The van der Waals surface area contributed by atoms with Crippen LogP contribution in [-0.2, 0) is 14.3 Å². The summed E-state index contributed by atoms with van der Waals surface area (Å²) in [5.41, 5.74) is 1.20. The van der Waals surface area contributed by atoms with Gasteiger partial charge in [-0.15, -0.1) is 0 Å². The number of rotatable bonds is 6. The van der Waals surface area contributed by atoms with E-state index in [-0.39, 0.29) is 11.3 Å². The first-order valence-electron chi connectivity index (χ1n) is 10.2. The number of aliphatic hydroxyl groups excluding tert-OH is 1. The minimum Gasteiger partial charge on any atom is -0.507 e. The Morgan fingerprint density at radius 3 is 2.55 bits per heavy atom. The molecule has 2 saturated heterocycles. The lowest BCUT2D eigenvalue weighted by Crippen LogP contribution is -2.42. The molecule has 0 spiro atoms. The van der Waals surface area contributed by atoms with Crippen molar-refractivity contribution in [3.63, 3.8) is 0 Å². The molecule has 4 rings (SSSR count). The number of hydrogen-bond donors (Lipinski definition) is 1. The van der Waals surface area contributed by atoms with Crippen LogP contribution >= 0.6 is 0 Å². The smallest absolute Gasteiger partial charge is 0.295 e. The van der Waals surface area contributed by atoms with Crippen molar-refractivity contribution < 1.29 is 24.2 Å². The van der Waals surface area contributed by atoms with Gasteiger partial charge in [0.1, 0.15) is 11.5 Å². The van der Waals surface area contributed by atoms with E-state index in [1.807, 2.05) is 6.07 Å². The number of Topliss-reactive ketones (excluding diaryl/α,β-unsaturated/α-hetero) is 1. The van der Waals surface area contributed by atoms with Gasteiger partial charge in [-0.1, -0.05) is 6.07 Å². The molecule has 1 atom stereocenters. The second-order valence-electron chi connectivity index (χ2n) is 7.46. The third kappa shape index (κ3) is 4.30. The summed E-state index contributed by atoms with van der Waals surface area (Å²) in [7, 11) is 1.55. The van der Waals surface area contributed by atoms with Crippen LogP contribution in [0.5, 0.6) is 5.75 Å². The fourth-order valence-electron chi connectivity index (χ4n) is 3.97. The molecule has 1 N–H and O–H groups in total. The summed E-state index contributed by atoms with van der Waals surface area (Å²) >= 11 is 0. The number of benzene rings is 1. The second kappa shape index (κ2) is 9.28. The van der Waals surface area contributed by atoms with Gasteiger partial charge >= 0.3 is 0 Å². The zero-order valence-electron chi connectivity index (χ0n) is 17.4. The molecular formula is C23H25N3O5. The molecule has 1 aromatic heterocycles. The highest BCUT2D eigenvalue weighted by Crippen LogP contribution is 2.39. The van der Waals surface area contributed by atoms with Crippen LogP contribution in [0.4, 0.5) is 0 Å². The lowest BCUT2D eigenvalue weighted by molar-refractivity contribution is -0.140. The Hall–Kier alpha value is -3.23. The fraction of sp³-hybridized carbons (Fsp3) is 0.348. The van der Waals surface area contributed by atoms with E-state index in [1.165, 1.54) is 4.90 Å². The fourth-order valence-corrected chi connectivity index (χ4v) is 3.97. The normalized spacial score (nSPS) is 21.5. The molecule has 0 radical (unpaired) electrons. The zero-order valence-corrected chi connectivity index (χ0v) is 17.4. The molecule has 2 fully saturated rings. The highest BCUT2D eigenvalue weighted by Gasteiger charge is 2.46. The number of ketones is 1. The van der Waals surface area contributed by atoms with Crippen molar-refractivity contribution in [3.05, 3.63) is 65.5 Å². The Kier molecular flexibility index (Phi) is 6.29. The van der Waals surface area contributed by atoms with E-state index in [2.05, 4.69) is 9.88 Å². The van der Waals surface area contributed by atoms with Gasteiger partial charge in [-0.2, -0.15) is 0 Å². The first-order chi connectivity index (χ1) is 15.1. The summed E-state index contributed by atoms with van der Waals surface area (Å²) in [5.74, 6) is -0.878. The van der Waals surface area contributed by atoms with Crippen LogP contribution in [0.2, 0.25) is 0 Å². The summed E-state index contributed by atoms with van der Waals surface area (Å²) in [6, 6.07) is 9.59. The third-order valence-electron chi connectivity index (χ3n) is 5.66. The Morgan fingerprint density at radius 1 is 1.16 bits per heavy atom. The maximum Gasteiger partial charge on any atom is 0.295 e. The summed E-state index contributed by atoms with van der Waals surface area (Å²) < 4.78 is 10.5. The van der Waals surface area contributed by atoms with E-state index >= 15 is 0 Å². The van der Waals surface area contributed by atoms with Crippen molar-refractivity contribution in [1.82, 2.24) is 14.8 Å². The molecule has 0 bridgehead atoms. The van der Waals surface area contributed by atoms with Gasteiger partial charge in [0.15, 0.2) is 0 Å². The molecule has 0 aliphatic carbocycles. The number of amides is 1. The molecule has 8 heteroatoms. The zero-order chi connectivity index (χ0) is 21.8. The van der Waals surface area contributed by atoms with Gasteiger partial charge in [-0.25, -0.2) is 0 Å². The second-order valence-corrected chi connectivity index (χ2v) is 7.46. The van der Waals surface area contributed by atoms with Crippen molar-refractivity contribution in [2.24, 2.45) is 0 Å². The predicted molar refractivity (Wildman–Crippen MR) is 113 cm³/mol. The Bertz CT molecular complexity index is 968. The number of nitrogens with zero attached hydrogens (tertiary/aromatic N) is 3. The van der Waals surface area contributed by atoms with Gasteiger partial charge in [0.25, 0.3) is 11.7 Å². The van der Waals surface area contributed by atoms with Gasteiger partial charge < -0.3 is 19.5 Å². The number of aromatic nitrogens is 1. The monoisotopic (exact) mass is 423 g/mol. The van der Waals surface area contributed by atoms with Crippen molar-refractivity contribution in [3.8, 4) is 5.75 Å². The highest BCUT2D eigenvalue weighted by atomic mass is 16.5. The lowest BCUT2D eigenvalue weighted by Gasteiger charge is -2.30. The Morgan fingerprint density at radius 2 is 1.90 bits per heavy atom. The van der Waals surface area contributed by atoms with Crippen LogP contribution in [-0.4, -0.2) is 78.1 Å². The van der Waals surface area contributed by atoms with E-state index in [9.17, 15) is 14.7 Å². The van der Waals surface area contributed by atoms with E-state index in [4.69, 9.17) is 9.47 Å². The first kappa shape index (κ1) is 21.0. The number of carbonyl (C=O) groups excluding carboxylic acids is 2. The van der Waals surface area contributed by atoms with E-state index < -0.39 is 17.7 Å². The molecule has 1 amide bonds. The minimum absolute atomic E-state index is 0.0742. The molecule has 162 valence electrons. The van der Waals surface area contributed by atoms with Crippen molar-refractivity contribution in [2.75, 3.05) is 46.5 Å². The number of hydrogen-bond acceptors (Lipinski definition) is 7. The molecular weight excluding hydrogens is 398 g/mol. The Balaban J connectivity index is 1.70. The van der Waals surface area contributed by atoms with Crippen LogP contribution in [0.15, 0.2) is 54.4 Å². The maximum absolute atomic E-state index is 13.0. The molecule has 0 saturated carbocycles. The largest absolute Gasteiger partial charge is 0.507 e. The summed E-state index contributed by atoms with van der Waals surface area (Å²) in [6.45, 7) is 3.87. The number of ether oxygens (including phenoxy) is 2. The number of aliphatic hydroxyl groups is 1. The lowest BCUT2D eigenvalue weighted by atomic mass is 9.96. The average Bonchev–Trinajstić information content (AvgIpc) is 3.08. The molecule has 2 aliphatic heterocycles. The highest BCUT2D eigenvalue weighted by molar-refractivity contribution is 6.46. The number of pyridine rings is 1. The molecule has 3 heterocycles. The molecule has 2 aromatic rings. The standard InChI is InChI=1S/C23H25N3O5/c1-30-18-6-4-16(5-7-18)21(27)19-20(17-3-2-8-24-15-17)26(23(29)22(19)28)10-9-25-11-13-31-14-12-25/h2-8,15,20,27H,9-14H2,1H3/t20-/m0/s1. The quantitative estimate of drug-likeness (QED) is 0.431. The van der Waals surface area contributed by atoms with Crippen molar-refractivity contribution in [2.45, 2.75) is 6.04 Å². The third-order valence-corrected chi connectivity index (χ3v) is 5.66. The predicted octanol–water partition coefficient (Wildman–Crippen LogP) is 1.84. The molecule has 2 aliphatic rings.